The van der Waals surface area contributed by atoms with Crippen LogP contribution in [0.15, 0.2) is 12.5 Å². The highest BCUT2D eigenvalue weighted by molar-refractivity contribution is 5.06. The molecular formula is C9H17N3. The molecule has 0 aliphatic rings. The van der Waals surface area contributed by atoms with Gasteiger partial charge in [-0.05, 0) is 13.8 Å². The van der Waals surface area contributed by atoms with Gasteiger partial charge in [-0.3, -0.25) is 0 Å². The zero-order chi connectivity index (χ0) is 9.14. The van der Waals surface area contributed by atoms with Gasteiger partial charge < -0.3 is 10.3 Å². The number of hydrogen-bond donors (Lipinski definition) is 1. The van der Waals surface area contributed by atoms with Gasteiger partial charge in [-0.1, -0.05) is 6.92 Å². The van der Waals surface area contributed by atoms with Gasteiger partial charge in [0.1, 0.15) is 0 Å². The summed E-state index contributed by atoms with van der Waals surface area (Å²) in [5.41, 5.74) is 6.82. The number of nitrogens with two attached hydrogens (primary N) is 1. The van der Waals surface area contributed by atoms with Crippen LogP contribution < -0.4 is 5.73 Å². The lowest BCUT2D eigenvalue weighted by Gasteiger charge is -2.15. The summed E-state index contributed by atoms with van der Waals surface area (Å²) in [6.07, 6.45) is 3.77. The van der Waals surface area contributed by atoms with E-state index in [1.807, 2.05) is 12.5 Å². The summed E-state index contributed by atoms with van der Waals surface area (Å²) in [7, 11) is 0. The SMILES string of the molecule is CC(CN)c1cncn1C(C)C. The van der Waals surface area contributed by atoms with Crippen molar-refractivity contribution in [3.05, 3.63) is 18.2 Å². The summed E-state index contributed by atoms with van der Waals surface area (Å²) >= 11 is 0. The summed E-state index contributed by atoms with van der Waals surface area (Å²) in [5.74, 6) is 0.398. The summed E-state index contributed by atoms with van der Waals surface area (Å²) in [4.78, 5) is 4.12. The van der Waals surface area contributed by atoms with E-state index >= 15 is 0 Å². The fourth-order valence-electron chi connectivity index (χ4n) is 1.25. The predicted molar refractivity (Wildman–Crippen MR) is 50.1 cm³/mol. The third-order valence-electron chi connectivity index (χ3n) is 2.11. The second-order valence-electron chi connectivity index (χ2n) is 3.46. The molecule has 0 fully saturated rings. The smallest absolute Gasteiger partial charge is 0.0950 e. The number of aromatic nitrogens is 2. The molecule has 1 heterocycles. The molecule has 0 amide bonds. The molecule has 12 heavy (non-hydrogen) atoms. The van der Waals surface area contributed by atoms with Gasteiger partial charge in [-0.25, -0.2) is 4.98 Å². The van der Waals surface area contributed by atoms with Crippen LogP contribution in [0.3, 0.4) is 0 Å². The topological polar surface area (TPSA) is 43.8 Å². The molecule has 0 saturated heterocycles. The lowest BCUT2D eigenvalue weighted by molar-refractivity contribution is 0.550. The van der Waals surface area contributed by atoms with Gasteiger partial charge in [-0.2, -0.15) is 0 Å². The van der Waals surface area contributed by atoms with Crippen molar-refractivity contribution in [2.45, 2.75) is 32.7 Å². The minimum absolute atomic E-state index is 0.398. The highest BCUT2D eigenvalue weighted by atomic mass is 15.1. The molecule has 1 unspecified atom stereocenters. The second-order valence-corrected chi connectivity index (χ2v) is 3.46. The minimum Gasteiger partial charge on any atom is -0.332 e. The van der Waals surface area contributed by atoms with Crippen molar-refractivity contribution in [2.75, 3.05) is 6.54 Å². The van der Waals surface area contributed by atoms with Crippen LogP contribution in [0.25, 0.3) is 0 Å². The van der Waals surface area contributed by atoms with Crippen molar-refractivity contribution < 1.29 is 0 Å². The highest BCUT2D eigenvalue weighted by Gasteiger charge is 2.10. The molecule has 1 aromatic heterocycles. The number of imidazole rings is 1. The van der Waals surface area contributed by atoms with Crippen LogP contribution in [0.4, 0.5) is 0 Å². The van der Waals surface area contributed by atoms with E-state index in [-0.39, 0.29) is 0 Å². The Kier molecular flexibility index (Phi) is 2.87. The van der Waals surface area contributed by atoms with E-state index in [9.17, 15) is 0 Å². The summed E-state index contributed by atoms with van der Waals surface area (Å²) < 4.78 is 2.16. The van der Waals surface area contributed by atoms with Gasteiger partial charge >= 0.3 is 0 Å². The Bertz CT molecular complexity index is 240. The third kappa shape index (κ3) is 1.67. The lowest BCUT2D eigenvalue weighted by atomic mass is 10.1. The molecule has 2 N–H and O–H groups in total. The molecule has 3 nitrogen and oxygen atoms in total. The van der Waals surface area contributed by atoms with Crippen LogP contribution >= 0.6 is 0 Å². The average molecular weight is 167 g/mol. The van der Waals surface area contributed by atoms with Crippen LogP contribution in [-0.2, 0) is 0 Å². The Morgan fingerprint density at radius 2 is 2.17 bits per heavy atom. The zero-order valence-corrected chi connectivity index (χ0v) is 7.99. The minimum atomic E-state index is 0.398. The molecule has 1 atom stereocenters. The Balaban J connectivity index is 2.91. The first kappa shape index (κ1) is 9.26. The maximum absolute atomic E-state index is 5.59. The molecule has 0 aromatic carbocycles. The Morgan fingerprint density at radius 1 is 1.50 bits per heavy atom. The van der Waals surface area contributed by atoms with Crippen LogP contribution in [0.2, 0.25) is 0 Å². The summed E-state index contributed by atoms with van der Waals surface area (Å²) in [5, 5.41) is 0. The molecule has 0 aliphatic heterocycles. The van der Waals surface area contributed by atoms with E-state index < -0.39 is 0 Å². The van der Waals surface area contributed by atoms with E-state index in [1.54, 1.807) is 0 Å². The van der Waals surface area contributed by atoms with Crippen molar-refractivity contribution in [1.29, 1.82) is 0 Å². The fraction of sp³-hybridized carbons (Fsp3) is 0.667. The molecular weight excluding hydrogens is 150 g/mol. The number of hydrogen-bond acceptors (Lipinski definition) is 2. The van der Waals surface area contributed by atoms with Crippen molar-refractivity contribution >= 4 is 0 Å². The average Bonchev–Trinajstić information content (AvgIpc) is 2.50. The van der Waals surface area contributed by atoms with Crippen LogP contribution in [0.5, 0.6) is 0 Å². The molecule has 0 radical (unpaired) electrons. The van der Waals surface area contributed by atoms with Gasteiger partial charge in [0.15, 0.2) is 0 Å². The monoisotopic (exact) mass is 167 g/mol. The van der Waals surface area contributed by atoms with E-state index in [4.69, 9.17) is 5.73 Å². The number of rotatable bonds is 3. The maximum atomic E-state index is 5.59. The molecule has 0 bridgehead atoms. The van der Waals surface area contributed by atoms with Gasteiger partial charge in [-0.15, -0.1) is 0 Å². The Morgan fingerprint density at radius 3 is 2.67 bits per heavy atom. The van der Waals surface area contributed by atoms with E-state index in [0.717, 1.165) is 0 Å². The standard InChI is InChI=1S/C9H17N3/c1-7(2)12-6-11-5-9(12)8(3)4-10/h5-8H,4,10H2,1-3H3. The Hall–Kier alpha value is -0.830. The fourth-order valence-corrected chi connectivity index (χ4v) is 1.25. The molecule has 1 rings (SSSR count). The van der Waals surface area contributed by atoms with Crippen molar-refractivity contribution in [3.8, 4) is 0 Å². The van der Waals surface area contributed by atoms with Gasteiger partial charge in [0.05, 0.1) is 6.33 Å². The van der Waals surface area contributed by atoms with E-state index in [2.05, 4.69) is 30.3 Å². The number of nitrogens with zero attached hydrogens (tertiary/aromatic N) is 2. The summed E-state index contributed by atoms with van der Waals surface area (Å²) in [6.45, 7) is 7.09. The van der Waals surface area contributed by atoms with Crippen molar-refractivity contribution in [3.63, 3.8) is 0 Å². The predicted octanol–water partition coefficient (Wildman–Crippen LogP) is 1.53. The van der Waals surface area contributed by atoms with Crippen LogP contribution in [0, 0.1) is 0 Å². The summed E-state index contributed by atoms with van der Waals surface area (Å²) in [6, 6.07) is 0.469. The van der Waals surface area contributed by atoms with E-state index in [0.29, 0.717) is 18.5 Å². The molecule has 68 valence electrons. The van der Waals surface area contributed by atoms with Crippen LogP contribution in [0.1, 0.15) is 38.4 Å². The first-order valence-corrected chi connectivity index (χ1v) is 4.38. The first-order valence-electron chi connectivity index (χ1n) is 4.38. The second kappa shape index (κ2) is 3.72. The Labute approximate surface area is 73.6 Å². The molecule has 0 aliphatic carbocycles. The molecule has 1 aromatic rings. The highest BCUT2D eigenvalue weighted by Crippen LogP contribution is 2.17. The van der Waals surface area contributed by atoms with Gasteiger partial charge in [0, 0.05) is 30.4 Å². The van der Waals surface area contributed by atoms with E-state index in [1.165, 1.54) is 5.69 Å². The van der Waals surface area contributed by atoms with Crippen LogP contribution in [-0.4, -0.2) is 16.1 Å². The first-order chi connectivity index (χ1) is 5.66. The zero-order valence-electron chi connectivity index (χ0n) is 7.99. The molecule has 3 heteroatoms. The third-order valence-corrected chi connectivity index (χ3v) is 2.11. The quantitative estimate of drug-likeness (QED) is 0.741. The molecule has 0 saturated carbocycles. The van der Waals surface area contributed by atoms with Crippen molar-refractivity contribution in [2.24, 2.45) is 5.73 Å². The largest absolute Gasteiger partial charge is 0.332 e. The van der Waals surface area contributed by atoms with Gasteiger partial charge in [0.25, 0.3) is 0 Å². The normalized spacial score (nSPS) is 13.8. The maximum Gasteiger partial charge on any atom is 0.0950 e. The lowest BCUT2D eigenvalue weighted by Crippen LogP contribution is -2.14. The van der Waals surface area contributed by atoms with Gasteiger partial charge in [0.2, 0.25) is 0 Å². The molecule has 0 spiro atoms. The van der Waals surface area contributed by atoms with Crippen molar-refractivity contribution in [1.82, 2.24) is 9.55 Å².